The van der Waals surface area contributed by atoms with Gasteiger partial charge < -0.3 is 5.32 Å². The number of pyridine rings is 1. The van der Waals surface area contributed by atoms with Gasteiger partial charge in [-0.05, 0) is 35.7 Å². The van der Waals surface area contributed by atoms with Crippen LogP contribution in [-0.2, 0) is 0 Å². The number of nitrogens with zero attached hydrogens (tertiary/aromatic N) is 4. The molecule has 3 heterocycles. The van der Waals surface area contributed by atoms with Crippen molar-refractivity contribution < 1.29 is 4.39 Å². The van der Waals surface area contributed by atoms with E-state index in [0.29, 0.717) is 0 Å². The highest BCUT2D eigenvalue weighted by Crippen LogP contribution is 2.36. The first-order chi connectivity index (χ1) is 10.8. The van der Waals surface area contributed by atoms with Gasteiger partial charge in [0.2, 0.25) is 5.95 Å². The summed E-state index contributed by atoms with van der Waals surface area (Å²) in [5, 5.41) is 7.68. The van der Waals surface area contributed by atoms with Crippen molar-refractivity contribution in [1.82, 2.24) is 19.7 Å². The Hall–Kier alpha value is -2.76. The number of benzene rings is 1. The Morgan fingerprint density at radius 2 is 2.00 bits per heavy atom. The molecular weight excluding hydrogens is 281 g/mol. The quantitative estimate of drug-likeness (QED) is 0.789. The van der Waals surface area contributed by atoms with Gasteiger partial charge in [0, 0.05) is 12.4 Å². The summed E-state index contributed by atoms with van der Waals surface area (Å²) in [6, 6.07) is 10.6. The normalized spacial score (nSPS) is 20.2. The van der Waals surface area contributed by atoms with Crippen LogP contribution in [0.1, 0.15) is 29.6 Å². The van der Waals surface area contributed by atoms with Gasteiger partial charge in [0.05, 0.1) is 12.1 Å². The van der Waals surface area contributed by atoms with Gasteiger partial charge in [-0.1, -0.05) is 18.2 Å². The first kappa shape index (κ1) is 12.9. The summed E-state index contributed by atoms with van der Waals surface area (Å²) in [6.07, 6.45) is 5.94. The van der Waals surface area contributed by atoms with Crippen LogP contribution in [0.2, 0.25) is 0 Å². The van der Waals surface area contributed by atoms with E-state index in [-0.39, 0.29) is 17.9 Å². The minimum Gasteiger partial charge on any atom is -0.347 e. The number of hydrogen-bond acceptors (Lipinski definition) is 4. The van der Waals surface area contributed by atoms with E-state index in [1.54, 1.807) is 18.3 Å². The van der Waals surface area contributed by atoms with Gasteiger partial charge >= 0.3 is 0 Å². The summed E-state index contributed by atoms with van der Waals surface area (Å²) in [7, 11) is 0. The lowest BCUT2D eigenvalue weighted by molar-refractivity contribution is 0.430. The molecule has 22 heavy (non-hydrogen) atoms. The predicted molar refractivity (Wildman–Crippen MR) is 79.8 cm³/mol. The molecule has 3 aromatic rings. The lowest BCUT2D eigenvalue weighted by Crippen LogP contribution is -2.28. The number of halogens is 1. The summed E-state index contributed by atoms with van der Waals surface area (Å²) in [4.78, 5) is 8.45. The second kappa shape index (κ2) is 5.22. The summed E-state index contributed by atoms with van der Waals surface area (Å²) in [6.45, 7) is 0. The Morgan fingerprint density at radius 3 is 2.77 bits per heavy atom. The van der Waals surface area contributed by atoms with Crippen LogP contribution in [0.15, 0.2) is 55.1 Å². The van der Waals surface area contributed by atoms with Crippen molar-refractivity contribution in [2.75, 3.05) is 5.32 Å². The minimum absolute atomic E-state index is 0.0181. The average Bonchev–Trinajstić information content (AvgIpc) is 3.04. The first-order valence-corrected chi connectivity index (χ1v) is 7.13. The van der Waals surface area contributed by atoms with Gasteiger partial charge in [0.25, 0.3) is 0 Å². The molecule has 0 spiro atoms. The van der Waals surface area contributed by atoms with Crippen LogP contribution in [0.5, 0.6) is 0 Å². The molecule has 0 bridgehead atoms. The summed E-state index contributed by atoms with van der Waals surface area (Å²) in [5.41, 5.74) is 2.12. The molecule has 0 fully saturated rings. The van der Waals surface area contributed by atoms with Crippen LogP contribution in [-0.4, -0.2) is 19.7 Å². The van der Waals surface area contributed by atoms with Crippen molar-refractivity contribution in [2.45, 2.75) is 18.5 Å². The van der Waals surface area contributed by atoms with Crippen molar-refractivity contribution in [3.05, 3.63) is 72.1 Å². The van der Waals surface area contributed by atoms with E-state index in [2.05, 4.69) is 20.4 Å². The summed E-state index contributed by atoms with van der Waals surface area (Å²) in [5.74, 6) is 0.481. The van der Waals surface area contributed by atoms with Crippen LogP contribution in [0.25, 0.3) is 0 Å². The van der Waals surface area contributed by atoms with E-state index in [9.17, 15) is 4.39 Å². The molecule has 0 saturated carbocycles. The van der Waals surface area contributed by atoms with E-state index >= 15 is 0 Å². The Balaban J connectivity index is 1.73. The minimum atomic E-state index is -0.236. The Bertz CT molecular complexity index is 769. The molecule has 1 aliphatic rings. The lowest BCUT2D eigenvalue weighted by atomic mass is 9.94. The predicted octanol–water partition coefficient (Wildman–Crippen LogP) is 2.96. The monoisotopic (exact) mass is 295 g/mol. The second-order valence-corrected chi connectivity index (χ2v) is 5.31. The van der Waals surface area contributed by atoms with E-state index in [1.807, 2.05) is 23.0 Å². The number of aromatic nitrogens is 4. The van der Waals surface area contributed by atoms with Gasteiger partial charge in [0.15, 0.2) is 0 Å². The zero-order valence-electron chi connectivity index (χ0n) is 11.7. The van der Waals surface area contributed by atoms with Crippen molar-refractivity contribution >= 4 is 5.95 Å². The molecule has 5 nitrogen and oxygen atoms in total. The molecule has 1 aliphatic heterocycles. The molecule has 0 amide bonds. The zero-order chi connectivity index (χ0) is 14.9. The highest BCUT2D eigenvalue weighted by molar-refractivity contribution is 5.37. The van der Waals surface area contributed by atoms with E-state index in [1.165, 1.54) is 18.5 Å². The highest BCUT2D eigenvalue weighted by atomic mass is 19.1. The molecular formula is C16H14FN5. The van der Waals surface area contributed by atoms with E-state index < -0.39 is 0 Å². The maximum atomic E-state index is 13.2. The van der Waals surface area contributed by atoms with Crippen LogP contribution < -0.4 is 5.32 Å². The molecule has 0 aliphatic carbocycles. The number of rotatable bonds is 2. The molecule has 0 radical (unpaired) electrons. The van der Waals surface area contributed by atoms with Gasteiger partial charge in [-0.2, -0.15) is 10.1 Å². The molecule has 0 saturated heterocycles. The third kappa shape index (κ3) is 2.22. The average molecular weight is 295 g/mol. The second-order valence-electron chi connectivity index (χ2n) is 5.31. The Morgan fingerprint density at radius 1 is 1.14 bits per heavy atom. The molecule has 110 valence electrons. The van der Waals surface area contributed by atoms with Crippen molar-refractivity contribution in [2.24, 2.45) is 0 Å². The SMILES string of the molecule is Fc1ccc(C2CC(c3cccnc3)Nc3ncnn32)cc1. The zero-order valence-corrected chi connectivity index (χ0v) is 11.7. The number of anilines is 1. The fraction of sp³-hybridized carbons (Fsp3) is 0.188. The molecule has 4 rings (SSSR count). The molecule has 2 aromatic heterocycles. The van der Waals surface area contributed by atoms with Crippen LogP contribution >= 0.6 is 0 Å². The van der Waals surface area contributed by atoms with Crippen molar-refractivity contribution in [3.8, 4) is 0 Å². The van der Waals surface area contributed by atoms with E-state index in [0.717, 1.165) is 23.5 Å². The molecule has 1 aromatic carbocycles. The number of hydrogen-bond donors (Lipinski definition) is 1. The smallest absolute Gasteiger partial charge is 0.222 e. The van der Waals surface area contributed by atoms with Gasteiger partial charge in [-0.25, -0.2) is 9.07 Å². The maximum Gasteiger partial charge on any atom is 0.222 e. The molecule has 2 atom stereocenters. The van der Waals surface area contributed by atoms with Gasteiger partial charge in [0.1, 0.15) is 12.1 Å². The van der Waals surface area contributed by atoms with Crippen molar-refractivity contribution in [1.29, 1.82) is 0 Å². The van der Waals surface area contributed by atoms with Gasteiger partial charge in [-0.3, -0.25) is 4.98 Å². The fourth-order valence-electron chi connectivity index (χ4n) is 2.88. The molecule has 2 unspecified atom stereocenters. The Labute approximate surface area is 126 Å². The third-order valence-electron chi connectivity index (χ3n) is 3.97. The number of nitrogens with one attached hydrogen (secondary N) is 1. The van der Waals surface area contributed by atoms with Crippen molar-refractivity contribution in [3.63, 3.8) is 0 Å². The van der Waals surface area contributed by atoms with Crippen LogP contribution in [0.3, 0.4) is 0 Å². The lowest BCUT2D eigenvalue weighted by Gasteiger charge is -2.31. The first-order valence-electron chi connectivity index (χ1n) is 7.13. The summed E-state index contributed by atoms with van der Waals surface area (Å²) >= 11 is 0. The maximum absolute atomic E-state index is 13.2. The van der Waals surface area contributed by atoms with Crippen LogP contribution in [0, 0.1) is 5.82 Å². The standard InChI is InChI=1S/C16H14FN5/c17-13-5-3-11(4-6-13)15-8-14(12-2-1-7-18-9-12)21-16-19-10-20-22(15)16/h1-7,9-10,14-15H,8H2,(H,19,20,21). The highest BCUT2D eigenvalue weighted by Gasteiger charge is 2.29. The molecule has 6 heteroatoms. The summed E-state index contributed by atoms with van der Waals surface area (Å²) < 4.78 is 15.0. The van der Waals surface area contributed by atoms with Crippen LogP contribution in [0.4, 0.5) is 10.3 Å². The number of fused-ring (bicyclic) bond motifs is 1. The largest absolute Gasteiger partial charge is 0.347 e. The third-order valence-corrected chi connectivity index (χ3v) is 3.97. The van der Waals surface area contributed by atoms with Gasteiger partial charge in [-0.15, -0.1) is 0 Å². The Kier molecular flexibility index (Phi) is 3.07. The van der Waals surface area contributed by atoms with E-state index in [4.69, 9.17) is 0 Å². The molecule has 1 N–H and O–H groups in total. The fourth-order valence-corrected chi connectivity index (χ4v) is 2.88. The topological polar surface area (TPSA) is 55.6 Å².